The maximum atomic E-state index is 11.6. The number of amidine groups is 1. The minimum absolute atomic E-state index is 0.0971. The number of amides is 2. The van der Waals surface area contributed by atoms with Gasteiger partial charge in [-0.3, -0.25) is 5.41 Å². The van der Waals surface area contributed by atoms with E-state index in [1.807, 2.05) is 0 Å². The van der Waals surface area contributed by atoms with Crippen molar-refractivity contribution in [3.05, 3.63) is 24.3 Å². The predicted molar refractivity (Wildman–Crippen MR) is 66.5 cm³/mol. The van der Waals surface area contributed by atoms with Crippen LogP contribution in [0.15, 0.2) is 24.3 Å². The Hall–Kier alpha value is -2.24. The fourth-order valence-corrected chi connectivity index (χ4v) is 1.18. The molecule has 1 rings (SSSR count). The number of nitrogens with two attached hydrogens (primary N) is 1. The fraction of sp³-hybridized carbons (Fsp3) is 0.273. The number of urea groups is 1. The number of rotatable bonds is 4. The average molecular weight is 236 g/mol. The van der Waals surface area contributed by atoms with Gasteiger partial charge in [0, 0.05) is 0 Å². The summed E-state index contributed by atoms with van der Waals surface area (Å²) in [4.78, 5) is 11.6. The van der Waals surface area contributed by atoms with Crippen molar-refractivity contribution in [2.75, 3.05) is 12.4 Å². The summed E-state index contributed by atoms with van der Waals surface area (Å²) in [5.74, 6) is 0.471. The Labute approximate surface area is 99.7 Å². The average Bonchev–Trinajstić information content (AvgIpc) is 2.29. The van der Waals surface area contributed by atoms with Crippen LogP contribution in [0.25, 0.3) is 0 Å². The number of anilines is 1. The second-order valence-corrected chi connectivity index (χ2v) is 3.48. The Balaban J connectivity index is 2.65. The highest BCUT2D eigenvalue weighted by molar-refractivity contribution is 5.94. The van der Waals surface area contributed by atoms with E-state index in [0.717, 1.165) is 0 Å². The van der Waals surface area contributed by atoms with Gasteiger partial charge in [0.25, 0.3) is 0 Å². The van der Waals surface area contributed by atoms with Crippen LogP contribution in [0.1, 0.15) is 6.92 Å². The monoisotopic (exact) mass is 236 g/mol. The minimum atomic E-state index is -0.510. The van der Waals surface area contributed by atoms with Crippen LogP contribution >= 0.6 is 0 Å². The van der Waals surface area contributed by atoms with Crippen molar-refractivity contribution in [3.8, 4) is 5.75 Å². The highest BCUT2D eigenvalue weighted by Gasteiger charge is 2.11. The second kappa shape index (κ2) is 5.74. The lowest BCUT2D eigenvalue weighted by Gasteiger charge is -2.14. The summed E-state index contributed by atoms with van der Waals surface area (Å²) < 4.78 is 5.09. The number of hydrogen-bond donors (Lipinski definition) is 4. The minimum Gasteiger partial charge on any atom is -0.495 e. The van der Waals surface area contributed by atoms with Gasteiger partial charge in [-0.1, -0.05) is 12.1 Å². The molecule has 0 fully saturated rings. The van der Waals surface area contributed by atoms with Crippen molar-refractivity contribution < 1.29 is 9.53 Å². The highest BCUT2D eigenvalue weighted by atomic mass is 16.5. The first kappa shape index (κ1) is 12.8. The molecule has 0 aliphatic carbocycles. The molecule has 1 atom stereocenters. The first-order valence-electron chi connectivity index (χ1n) is 5.09. The largest absolute Gasteiger partial charge is 0.495 e. The number of ether oxygens (including phenoxy) is 1. The molecule has 92 valence electrons. The Morgan fingerprint density at radius 1 is 1.47 bits per heavy atom. The summed E-state index contributed by atoms with van der Waals surface area (Å²) in [7, 11) is 1.52. The van der Waals surface area contributed by atoms with E-state index in [9.17, 15) is 4.79 Å². The first-order chi connectivity index (χ1) is 8.04. The van der Waals surface area contributed by atoms with E-state index >= 15 is 0 Å². The number of nitrogens with one attached hydrogen (secondary N) is 3. The first-order valence-corrected chi connectivity index (χ1v) is 5.09. The molecule has 0 spiro atoms. The Bertz CT molecular complexity index is 420. The third-order valence-electron chi connectivity index (χ3n) is 2.17. The van der Waals surface area contributed by atoms with Crippen LogP contribution in [0.2, 0.25) is 0 Å². The maximum absolute atomic E-state index is 11.6. The van der Waals surface area contributed by atoms with E-state index < -0.39 is 12.1 Å². The van der Waals surface area contributed by atoms with Crippen LogP contribution in [0.4, 0.5) is 10.5 Å². The number of carbonyl (C=O) groups excluding carboxylic acids is 1. The lowest BCUT2D eigenvalue weighted by molar-refractivity contribution is 0.251. The van der Waals surface area contributed by atoms with Crippen molar-refractivity contribution in [3.63, 3.8) is 0 Å². The van der Waals surface area contributed by atoms with Gasteiger partial charge in [0.15, 0.2) is 0 Å². The molecule has 2 amide bonds. The number of benzene rings is 1. The standard InChI is InChI=1S/C11H16N4O2/c1-7(10(12)13)14-11(16)15-8-5-3-4-6-9(8)17-2/h3-7H,1-2H3,(H3,12,13)(H2,14,15,16). The molecule has 6 nitrogen and oxygen atoms in total. The number of carbonyl (C=O) groups is 1. The summed E-state index contributed by atoms with van der Waals surface area (Å²) in [5, 5.41) is 12.3. The highest BCUT2D eigenvalue weighted by Crippen LogP contribution is 2.22. The van der Waals surface area contributed by atoms with Gasteiger partial charge in [-0.25, -0.2) is 4.79 Å². The van der Waals surface area contributed by atoms with Gasteiger partial charge in [0.05, 0.1) is 18.8 Å². The molecule has 1 aromatic rings. The van der Waals surface area contributed by atoms with Gasteiger partial charge in [0.1, 0.15) is 11.6 Å². The third-order valence-corrected chi connectivity index (χ3v) is 2.17. The van der Waals surface area contributed by atoms with Crippen LogP contribution in [-0.2, 0) is 0 Å². The van der Waals surface area contributed by atoms with Gasteiger partial charge in [-0.05, 0) is 19.1 Å². The molecular formula is C11H16N4O2. The molecular weight excluding hydrogens is 220 g/mol. The zero-order valence-corrected chi connectivity index (χ0v) is 9.78. The summed E-state index contributed by atoms with van der Waals surface area (Å²) in [5.41, 5.74) is 5.81. The van der Waals surface area contributed by atoms with Crippen molar-refractivity contribution in [2.45, 2.75) is 13.0 Å². The van der Waals surface area contributed by atoms with E-state index in [-0.39, 0.29) is 5.84 Å². The Morgan fingerprint density at radius 3 is 2.71 bits per heavy atom. The molecule has 1 aromatic carbocycles. The number of para-hydroxylation sites is 2. The van der Waals surface area contributed by atoms with Crippen LogP contribution in [0.5, 0.6) is 5.75 Å². The van der Waals surface area contributed by atoms with Gasteiger partial charge < -0.3 is 21.1 Å². The van der Waals surface area contributed by atoms with Crippen molar-refractivity contribution in [2.24, 2.45) is 5.73 Å². The van der Waals surface area contributed by atoms with E-state index in [0.29, 0.717) is 11.4 Å². The summed E-state index contributed by atoms with van der Waals surface area (Å²) in [6.07, 6.45) is 0. The normalized spacial score (nSPS) is 11.4. The summed E-state index contributed by atoms with van der Waals surface area (Å²) in [6, 6.07) is 6.11. The smallest absolute Gasteiger partial charge is 0.319 e. The maximum Gasteiger partial charge on any atom is 0.319 e. The van der Waals surface area contributed by atoms with Gasteiger partial charge >= 0.3 is 6.03 Å². The van der Waals surface area contributed by atoms with Crippen LogP contribution < -0.4 is 21.1 Å². The molecule has 0 bridgehead atoms. The Morgan fingerprint density at radius 2 is 2.12 bits per heavy atom. The van der Waals surface area contributed by atoms with Crippen molar-refractivity contribution in [1.29, 1.82) is 5.41 Å². The molecule has 0 aliphatic heterocycles. The molecule has 0 aliphatic rings. The van der Waals surface area contributed by atoms with E-state index in [2.05, 4.69) is 10.6 Å². The molecule has 5 N–H and O–H groups in total. The molecule has 0 aromatic heterocycles. The van der Waals surface area contributed by atoms with Crippen LogP contribution in [0.3, 0.4) is 0 Å². The number of hydrogen-bond acceptors (Lipinski definition) is 3. The van der Waals surface area contributed by atoms with Crippen LogP contribution in [0, 0.1) is 5.41 Å². The SMILES string of the molecule is COc1ccccc1NC(=O)NC(C)C(=N)N. The van der Waals surface area contributed by atoms with Crippen molar-refractivity contribution in [1.82, 2.24) is 5.32 Å². The Kier molecular flexibility index (Phi) is 4.33. The van der Waals surface area contributed by atoms with E-state index in [4.69, 9.17) is 15.9 Å². The topological polar surface area (TPSA) is 100 Å². The van der Waals surface area contributed by atoms with Crippen molar-refractivity contribution >= 4 is 17.6 Å². The second-order valence-electron chi connectivity index (χ2n) is 3.48. The predicted octanol–water partition coefficient (Wildman–Crippen LogP) is 1.14. The fourth-order valence-electron chi connectivity index (χ4n) is 1.18. The zero-order valence-electron chi connectivity index (χ0n) is 9.78. The quantitative estimate of drug-likeness (QED) is 0.466. The molecule has 0 saturated heterocycles. The van der Waals surface area contributed by atoms with Crippen LogP contribution in [-0.4, -0.2) is 25.0 Å². The van der Waals surface area contributed by atoms with Gasteiger partial charge in [0.2, 0.25) is 0 Å². The summed E-state index contributed by atoms with van der Waals surface area (Å²) >= 11 is 0. The summed E-state index contributed by atoms with van der Waals surface area (Å²) in [6.45, 7) is 1.63. The lowest BCUT2D eigenvalue weighted by atomic mass is 10.3. The lowest BCUT2D eigenvalue weighted by Crippen LogP contribution is -2.43. The zero-order chi connectivity index (χ0) is 12.8. The third kappa shape index (κ3) is 3.67. The molecule has 17 heavy (non-hydrogen) atoms. The van der Waals surface area contributed by atoms with Gasteiger partial charge in [-0.15, -0.1) is 0 Å². The molecule has 0 saturated carbocycles. The molecule has 0 heterocycles. The van der Waals surface area contributed by atoms with Gasteiger partial charge in [-0.2, -0.15) is 0 Å². The number of methoxy groups -OCH3 is 1. The van der Waals surface area contributed by atoms with E-state index in [1.165, 1.54) is 7.11 Å². The molecule has 0 radical (unpaired) electrons. The van der Waals surface area contributed by atoms with E-state index in [1.54, 1.807) is 31.2 Å². The molecule has 1 unspecified atom stereocenters. The molecule has 6 heteroatoms.